The highest BCUT2D eigenvalue weighted by Crippen LogP contribution is 2.22. The fourth-order valence-electron chi connectivity index (χ4n) is 2.22. The molecule has 0 aliphatic carbocycles. The van der Waals surface area contributed by atoms with Crippen LogP contribution in [0.1, 0.15) is 24.2 Å². The predicted molar refractivity (Wildman–Crippen MR) is 114 cm³/mol. The quantitative estimate of drug-likeness (QED) is 0.334. The van der Waals surface area contributed by atoms with E-state index in [4.69, 9.17) is 20.9 Å². The normalized spacial score (nSPS) is 11.0. The van der Waals surface area contributed by atoms with E-state index in [1.807, 2.05) is 25.1 Å². The molecule has 2 rings (SSSR count). The largest absolute Gasteiger partial charge is 0.497 e. The Hall–Kier alpha value is -1.55. The van der Waals surface area contributed by atoms with Crippen LogP contribution in [0.25, 0.3) is 0 Å². The zero-order valence-corrected chi connectivity index (χ0v) is 18.3. The smallest absolute Gasteiger partial charge is 0.228 e. The van der Waals surface area contributed by atoms with E-state index in [9.17, 15) is 0 Å². The molecule has 0 unspecified atom stereocenters. The van der Waals surface area contributed by atoms with Crippen LogP contribution in [0.15, 0.2) is 27.7 Å². The fraction of sp³-hybridized carbons (Fsp3) is 0.471. The molecule has 144 valence electrons. The van der Waals surface area contributed by atoms with Gasteiger partial charge in [0.25, 0.3) is 0 Å². The van der Waals surface area contributed by atoms with E-state index in [1.165, 1.54) is 0 Å². The van der Waals surface area contributed by atoms with Gasteiger partial charge < -0.3 is 19.9 Å². The number of methoxy groups -OCH3 is 1. The molecule has 0 bridgehead atoms. The molecule has 26 heavy (non-hydrogen) atoms. The van der Waals surface area contributed by atoms with Gasteiger partial charge in [0, 0.05) is 24.5 Å². The molecule has 0 aliphatic rings. The Labute approximate surface area is 176 Å². The molecule has 0 aliphatic heterocycles. The van der Waals surface area contributed by atoms with E-state index in [2.05, 4.69) is 25.8 Å². The molecule has 2 aromatic rings. The molecular weight excluding hydrogens is 469 g/mol. The third-order valence-electron chi connectivity index (χ3n) is 3.46. The Kier molecular flexibility index (Phi) is 10.3. The van der Waals surface area contributed by atoms with Crippen molar-refractivity contribution < 1.29 is 9.26 Å². The number of benzene rings is 1. The predicted octanol–water partition coefficient (Wildman–Crippen LogP) is 3.00. The topological polar surface area (TPSA) is 84.6 Å². The van der Waals surface area contributed by atoms with Crippen molar-refractivity contribution in [3.63, 3.8) is 0 Å². The minimum Gasteiger partial charge on any atom is -0.497 e. The Balaban J connectivity index is 0.00000338. The maximum Gasteiger partial charge on any atom is 0.228 e. The van der Waals surface area contributed by atoms with E-state index in [0.717, 1.165) is 36.8 Å². The number of rotatable bonds is 8. The first-order valence-electron chi connectivity index (χ1n) is 8.26. The molecule has 0 saturated carbocycles. The van der Waals surface area contributed by atoms with Gasteiger partial charge in [0.05, 0.1) is 13.7 Å². The summed E-state index contributed by atoms with van der Waals surface area (Å²) in [6.45, 7) is 5.90. The van der Waals surface area contributed by atoms with Crippen LogP contribution in [0.5, 0.6) is 5.75 Å². The molecule has 0 fully saturated rings. The molecule has 0 radical (unpaired) electrons. The number of aromatic nitrogens is 2. The van der Waals surface area contributed by atoms with Gasteiger partial charge in [-0.15, -0.1) is 24.0 Å². The number of aryl methyl sites for hydroxylation is 1. The van der Waals surface area contributed by atoms with Crippen LogP contribution in [0.4, 0.5) is 0 Å². The van der Waals surface area contributed by atoms with Crippen LogP contribution in [0, 0.1) is 6.92 Å². The lowest BCUT2D eigenvalue weighted by Crippen LogP contribution is -2.38. The number of aliphatic imine (C=N–C) groups is 1. The van der Waals surface area contributed by atoms with Crippen molar-refractivity contribution in [1.82, 2.24) is 20.8 Å². The first kappa shape index (κ1) is 22.5. The molecule has 7 nitrogen and oxygen atoms in total. The average molecular weight is 494 g/mol. The molecule has 0 spiro atoms. The van der Waals surface area contributed by atoms with Gasteiger partial charge in [-0.3, -0.25) is 4.99 Å². The zero-order valence-electron chi connectivity index (χ0n) is 15.2. The molecule has 1 heterocycles. The lowest BCUT2D eigenvalue weighted by Gasteiger charge is -2.12. The Bertz CT molecular complexity index is 708. The second kappa shape index (κ2) is 11.9. The summed E-state index contributed by atoms with van der Waals surface area (Å²) in [6.07, 6.45) is 1.40. The minimum absolute atomic E-state index is 0. The molecule has 9 heteroatoms. The van der Waals surface area contributed by atoms with Gasteiger partial charge in [-0.05, 0) is 38.0 Å². The number of ether oxygens (including phenoxy) is 1. The summed E-state index contributed by atoms with van der Waals surface area (Å²) in [4.78, 5) is 8.68. The molecular formula is C17H25ClIN5O2. The van der Waals surface area contributed by atoms with E-state index in [-0.39, 0.29) is 24.0 Å². The van der Waals surface area contributed by atoms with Crippen molar-refractivity contribution in [1.29, 1.82) is 0 Å². The number of guanidine groups is 1. The molecule has 1 aromatic heterocycles. The molecule has 2 N–H and O–H groups in total. The number of nitrogens with one attached hydrogen (secondary N) is 2. The van der Waals surface area contributed by atoms with Gasteiger partial charge in [-0.2, -0.15) is 4.98 Å². The summed E-state index contributed by atoms with van der Waals surface area (Å²) in [5.41, 5.74) is 1.06. The third kappa shape index (κ3) is 7.36. The van der Waals surface area contributed by atoms with Crippen molar-refractivity contribution >= 4 is 41.5 Å². The van der Waals surface area contributed by atoms with Crippen molar-refractivity contribution in [2.75, 3.05) is 26.7 Å². The van der Waals surface area contributed by atoms with Gasteiger partial charge in [0.2, 0.25) is 5.89 Å². The van der Waals surface area contributed by atoms with Crippen LogP contribution in [-0.2, 0) is 12.8 Å². The van der Waals surface area contributed by atoms with Crippen LogP contribution in [0.2, 0.25) is 5.02 Å². The van der Waals surface area contributed by atoms with Crippen molar-refractivity contribution in [3.8, 4) is 5.75 Å². The number of hydrogen-bond acceptors (Lipinski definition) is 5. The first-order valence-corrected chi connectivity index (χ1v) is 8.64. The summed E-state index contributed by atoms with van der Waals surface area (Å²) in [6, 6.07) is 5.71. The second-order valence-corrected chi connectivity index (χ2v) is 5.79. The van der Waals surface area contributed by atoms with Crippen LogP contribution in [0.3, 0.4) is 0 Å². The van der Waals surface area contributed by atoms with E-state index >= 15 is 0 Å². The second-order valence-electron chi connectivity index (χ2n) is 5.38. The number of hydrogen-bond donors (Lipinski definition) is 2. The molecule has 0 saturated heterocycles. The average Bonchev–Trinajstić information content (AvgIpc) is 3.01. The van der Waals surface area contributed by atoms with Gasteiger partial charge in [-0.1, -0.05) is 22.8 Å². The SMILES string of the molecule is CCNC(=NCCc1nc(C)no1)NCCc1ccc(OC)cc1Cl.I. The van der Waals surface area contributed by atoms with Crippen molar-refractivity contribution in [2.24, 2.45) is 4.99 Å². The van der Waals surface area contributed by atoms with Crippen LogP contribution in [-0.4, -0.2) is 42.8 Å². The first-order chi connectivity index (χ1) is 12.1. The summed E-state index contributed by atoms with van der Waals surface area (Å²) in [5, 5.41) is 11.0. The maximum absolute atomic E-state index is 6.26. The molecule has 0 atom stereocenters. The highest BCUT2D eigenvalue weighted by molar-refractivity contribution is 14.0. The summed E-state index contributed by atoms with van der Waals surface area (Å²) >= 11 is 6.26. The van der Waals surface area contributed by atoms with E-state index in [1.54, 1.807) is 14.0 Å². The Morgan fingerprint density at radius 2 is 2.12 bits per heavy atom. The minimum atomic E-state index is 0. The van der Waals surface area contributed by atoms with Gasteiger partial charge in [-0.25, -0.2) is 0 Å². The lowest BCUT2D eigenvalue weighted by molar-refractivity contribution is 0.376. The molecule has 1 aromatic carbocycles. The van der Waals surface area contributed by atoms with Gasteiger partial charge in [0.15, 0.2) is 11.8 Å². The van der Waals surface area contributed by atoms with Gasteiger partial charge >= 0.3 is 0 Å². The van der Waals surface area contributed by atoms with E-state index in [0.29, 0.717) is 29.7 Å². The Morgan fingerprint density at radius 3 is 2.73 bits per heavy atom. The summed E-state index contributed by atoms with van der Waals surface area (Å²) in [5.74, 6) is 2.75. The maximum atomic E-state index is 6.26. The highest BCUT2D eigenvalue weighted by atomic mass is 127. The van der Waals surface area contributed by atoms with Gasteiger partial charge in [0.1, 0.15) is 5.75 Å². The highest BCUT2D eigenvalue weighted by Gasteiger charge is 2.05. The van der Waals surface area contributed by atoms with E-state index < -0.39 is 0 Å². The number of nitrogens with zero attached hydrogens (tertiary/aromatic N) is 3. The Morgan fingerprint density at radius 1 is 1.31 bits per heavy atom. The van der Waals surface area contributed by atoms with Crippen molar-refractivity contribution in [3.05, 3.63) is 40.5 Å². The van der Waals surface area contributed by atoms with Crippen molar-refractivity contribution in [2.45, 2.75) is 26.7 Å². The zero-order chi connectivity index (χ0) is 18.1. The standard InChI is InChI=1S/C17H24ClN5O2.HI/c1-4-19-17(21-10-8-16-22-12(2)23-25-16)20-9-7-13-5-6-14(24-3)11-15(13)18;/h5-6,11H,4,7-10H2,1-3H3,(H2,19,20,21);1H. The monoisotopic (exact) mass is 493 g/mol. The van der Waals surface area contributed by atoms with Crippen LogP contribution >= 0.6 is 35.6 Å². The summed E-state index contributed by atoms with van der Waals surface area (Å²) in [7, 11) is 1.63. The lowest BCUT2D eigenvalue weighted by atomic mass is 10.1. The van der Waals surface area contributed by atoms with Crippen LogP contribution < -0.4 is 15.4 Å². The summed E-state index contributed by atoms with van der Waals surface area (Å²) < 4.78 is 10.2. The number of halogens is 2. The third-order valence-corrected chi connectivity index (χ3v) is 3.81. The fourth-order valence-corrected chi connectivity index (χ4v) is 2.49. The molecule has 0 amide bonds.